The fraction of sp³-hybridized carbons (Fsp3) is 0.0714. The predicted octanol–water partition coefficient (Wildman–Crippen LogP) is 3.12. The summed E-state index contributed by atoms with van der Waals surface area (Å²) in [6.45, 7) is 2.08. The highest BCUT2D eigenvalue weighted by atomic mass is 16.1. The van der Waals surface area contributed by atoms with Gasteiger partial charge in [0, 0.05) is 5.56 Å². The van der Waals surface area contributed by atoms with Crippen LogP contribution >= 0.6 is 0 Å². The van der Waals surface area contributed by atoms with Crippen LogP contribution in [0.1, 0.15) is 11.1 Å². The Hall–Kier alpha value is -1.89. The van der Waals surface area contributed by atoms with Gasteiger partial charge in [0.15, 0.2) is 0 Å². The minimum Gasteiger partial charge on any atom is -0.285 e. The van der Waals surface area contributed by atoms with Gasteiger partial charge in [-0.05, 0) is 23.6 Å². The highest BCUT2D eigenvalue weighted by Crippen LogP contribution is 2.22. The first-order chi connectivity index (χ1) is 7.31. The fourth-order valence-electron chi connectivity index (χ4n) is 1.61. The third-order valence-electron chi connectivity index (χ3n) is 2.46. The first-order valence-electron chi connectivity index (χ1n) is 4.85. The van der Waals surface area contributed by atoms with Crippen molar-refractivity contribution in [3.8, 4) is 11.1 Å². The maximum Gasteiger partial charge on any atom is 0.233 e. The summed E-state index contributed by atoms with van der Waals surface area (Å²) in [7, 11) is 0. The number of carbonyl (C=O) groups excluding carboxylic acids is 1. The van der Waals surface area contributed by atoms with E-state index in [1.165, 1.54) is 11.1 Å². The van der Waals surface area contributed by atoms with Crippen LogP contribution in [0, 0.1) is 6.92 Å². The van der Waals surface area contributed by atoms with Gasteiger partial charge in [-0.3, -0.25) is 4.79 Å². The monoisotopic (exact) mass is 195 g/mol. The lowest BCUT2D eigenvalue weighted by Crippen LogP contribution is -1.84. The molecule has 0 fully saturated rings. The first-order valence-corrected chi connectivity index (χ1v) is 4.85. The van der Waals surface area contributed by atoms with Crippen LogP contribution in [0.25, 0.3) is 11.1 Å². The van der Waals surface area contributed by atoms with Gasteiger partial charge in [0.1, 0.15) is 0 Å². The summed E-state index contributed by atoms with van der Waals surface area (Å²) in [6, 6.07) is 15.7. The van der Waals surface area contributed by atoms with Gasteiger partial charge in [-0.1, -0.05) is 48.5 Å². The number of benzene rings is 2. The lowest BCUT2D eigenvalue weighted by molar-refractivity contribution is 0.563. The Bertz CT molecular complexity index is 469. The molecule has 0 heterocycles. The smallest absolute Gasteiger partial charge is 0.233 e. The first kappa shape index (κ1) is 9.66. The molecule has 0 saturated carbocycles. The molecule has 15 heavy (non-hydrogen) atoms. The van der Waals surface area contributed by atoms with E-state index in [9.17, 15) is 4.79 Å². The quantitative estimate of drug-likeness (QED) is 0.719. The highest BCUT2D eigenvalue weighted by Gasteiger charge is 2.00. The fourth-order valence-corrected chi connectivity index (χ4v) is 1.61. The summed E-state index contributed by atoms with van der Waals surface area (Å²) in [5.74, 6) is 0. The Kier molecular flexibility index (Phi) is 2.64. The molecule has 0 aromatic heterocycles. The summed E-state index contributed by atoms with van der Waals surface area (Å²) in [4.78, 5) is 10.4. The molecule has 0 amide bonds. The topological polar surface area (TPSA) is 17.1 Å². The molecule has 0 unspecified atom stereocenters. The zero-order chi connectivity index (χ0) is 10.7. The van der Waals surface area contributed by atoms with E-state index in [-0.39, 0.29) is 0 Å². The molecule has 0 aliphatic heterocycles. The van der Waals surface area contributed by atoms with Crippen LogP contribution in [0.15, 0.2) is 48.5 Å². The largest absolute Gasteiger partial charge is 0.285 e. The van der Waals surface area contributed by atoms with E-state index in [2.05, 4.69) is 19.1 Å². The lowest BCUT2D eigenvalue weighted by Gasteiger charge is -2.05. The Labute approximate surface area is 89.4 Å². The van der Waals surface area contributed by atoms with Crippen molar-refractivity contribution in [3.63, 3.8) is 0 Å². The summed E-state index contributed by atoms with van der Waals surface area (Å²) in [5, 5.41) is 0. The number of hydrogen-bond acceptors (Lipinski definition) is 1. The molecule has 0 aliphatic carbocycles. The van der Waals surface area contributed by atoms with Crippen molar-refractivity contribution >= 4 is 6.29 Å². The van der Waals surface area contributed by atoms with Gasteiger partial charge in [0.25, 0.3) is 0 Å². The zero-order valence-corrected chi connectivity index (χ0v) is 8.53. The molecule has 0 spiro atoms. The Morgan fingerprint density at radius 1 is 0.933 bits per heavy atom. The van der Waals surface area contributed by atoms with Crippen molar-refractivity contribution in [2.75, 3.05) is 0 Å². The van der Waals surface area contributed by atoms with Crippen molar-refractivity contribution in [2.45, 2.75) is 6.92 Å². The number of rotatable bonds is 2. The van der Waals surface area contributed by atoms with E-state index in [0.717, 1.165) is 5.56 Å². The second kappa shape index (κ2) is 4.09. The van der Waals surface area contributed by atoms with E-state index in [1.54, 1.807) is 12.1 Å². The summed E-state index contributed by atoms with van der Waals surface area (Å²) >= 11 is 0. The molecule has 73 valence electrons. The van der Waals surface area contributed by atoms with Crippen molar-refractivity contribution in [1.29, 1.82) is 0 Å². The molecule has 0 atom stereocenters. The van der Waals surface area contributed by atoms with Crippen LogP contribution < -0.4 is 0 Å². The third-order valence-corrected chi connectivity index (χ3v) is 2.46. The van der Waals surface area contributed by atoms with Crippen molar-refractivity contribution in [2.24, 2.45) is 0 Å². The normalized spacial score (nSPS) is 9.93. The molecule has 0 N–H and O–H groups in total. The standard InChI is InChI=1S/C14H11O/c1-11-4-2-3-5-14(11)13-8-6-12(10-15)7-9-13/h2-9H,1H3. The third kappa shape index (κ3) is 1.96. The van der Waals surface area contributed by atoms with Crippen LogP contribution in [0.5, 0.6) is 0 Å². The molecule has 1 heteroatoms. The number of aryl methyl sites for hydroxylation is 1. The van der Waals surface area contributed by atoms with Crippen LogP contribution in [-0.2, 0) is 4.79 Å². The van der Waals surface area contributed by atoms with E-state index < -0.39 is 0 Å². The molecule has 0 aliphatic rings. The van der Waals surface area contributed by atoms with Gasteiger partial charge in [-0.2, -0.15) is 0 Å². The SMILES string of the molecule is Cc1ccccc1-c1ccc([C]=O)cc1. The summed E-state index contributed by atoms with van der Waals surface area (Å²) in [5.41, 5.74) is 4.16. The maximum atomic E-state index is 10.4. The second-order valence-electron chi connectivity index (χ2n) is 3.49. The Morgan fingerprint density at radius 2 is 1.60 bits per heavy atom. The molecule has 2 aromatic carbocycles. The molecule has 2 aromatic rings. The minimum atomic E-state index is 0.590. The van der Waals surface area contributed by atoms with Crippen molar-refractivity contribution in [3.05, 3.63) is 59.7 Å². The van der Waals surface area contributed by atoms with Crippen LogP contribution in [0.3, 0.4) is 0 Å². The summed E-state index contributed by atoms with van der Waals surface area (Å²) < 4.78 is 0. The van der Waals surface area contributed by atoms with E-state index in [4.69, 9.17) is 0 Å². The maximum absolute atomic E-state index is 10.4. The van der Waals surface area contributed by atoms with Gasteiger partial charge >= 0.3 is 0 Å². The van der Waals surface area contributed by atoms with Crippen molar-refractivity contribution in [1.82, 2.24) is 0 Å². The molecule has 0 saturated heterocycles. The average Bonchev–Trinajstić information content (AvgIpc) is 2.30. The summed E-state index contributed by atoms with van der Waals surface area (Å²) in [6.07, 6.45) is 1.87. The zero-order valence-electron chi connectivity index (χ0n) is 8.53. The molecule has 0 bridgehead atoms. The number of hydrogen-bond donors (Lipinski definition) is 0. The molecular weight excluding hydrogens is 184 g/mol. The minimum absolute atomic E-state index is 0.590. The van der Waals surface area contributed by atoms with Crippen LogP contribution in [-0.4, -0.2) is 6.29 Å². The van der Waals surface area contributed by atoms with Crippen LogP contribution in [0.4, 0.5) is 0 Å². The van der Waals surface area contributed by atoms with Gasteiger partial charge in [-0.25, -0.2) is 0 Å². The van der Waals surface area contributed by atoms with Crippen molar-refractivity contribution < 1.29 is 4.79 Å². The molecule has 1 radical (unpaired) electrons. The lowest BCUT2D eigenvalue weighted by atomic mass is 10.00. The second-order valence-corrected chi connectivity index (χ2v) is 3.49. The molecule has 1 nitrogen and oxygen atoms in total. The van der Waals surface area contributed by atoms with E-state index >= 15 is 0 Å². The van der Waals surface area contributed by atoms with Crippen LogP contribution in [0.2, 0.25) is 0 Å². The predicted molar refractivity (Wildman–Crippen MR) is 61.4 cm³/mol. The van der Waals surface area contributed by atoms with Gasteiger partial charge in [-0.15, -0.1) is 0 Å². The molecular formula is C14H11O. The average molecular weight is 195 g/mol. The Morgan fingerprint density at radius 3 is 2.20 bits per heavy atom. The van der Waals surface area contributed by atoms with Gasteiger partial charge < -0.3 is 0 Å². The highest BCUT2D eigenvalue weighted by molar-refractivity contribution is 5.77. The van der Waals surface area contributed by atoms with E-state index in [1.807, 2.05) is 30.6 Å². The van der Waals surface area contributed by atoms with Gasteiger partial charge in [0.05, 0.1) is 0 Å². The molecule has 2 rings (SSSR count). The van der Waals surface area contributed by atoms with E-state index in [0.29, 0.717) is 5.56 Å². The Balaban J connectivity index is 2.46. The van der Waals surface area contributed by atoms with Gasteiger partial charge in [0.2, 0.25) is 6.29 Å².